The van der Waals surface area contributed by atoms with Crippen LogP contribution in [0.5, 0.6) is 0 Å². The summed E-state index contributed by atoms with van der Waals surface area (Å²) in [5, 5.41) is 13.8. The van der Waals surface area contributed by atoms with E-state index in [0.29, 0.717) is 24.2 Å². The largest absolute Gasteiger partial charge is 0.472 e. The van der Waals surface area contributed by atoms with Crippen molar-refractivity contribution in [3.63, 3.8) is 0 Å². The average molecular weight is 441 g/mol. The zero-order chi connectivity index (χ0) is 22.5. The Morgan fingerprint density at radius 1 is 1.09 bits per heavy atom. The molecule has 1 unspecified atom stereocenters. The first-order valence-electron chi connectivity index (χ1n) is 11.4. The van der Waals surface area contributed by atoms with E-state index in [1.807, 2.05) is 35.3 Å². The molecule has 2 aromatic heterocycles. The number of aryl methyl sites for hydroxylation is 1. The summed E-state index contributed by atoms with van der Waals surface area (Å²) in [7, 11) is 0. The molecule has 168 valence electrons. The number of hydrogen-bond acceptors (Lipinski definition) is 6. The van der Waals surface area contributed by atoms with Crippen molar-refractivity contribution in [3.8, 4) is 5.69 Å². The molecule has 0 spiro atoms. The fourth-order valence-electron chi connectivity index (χ4n) is 4.27. The lowest BCUT2D eigenvalue weighted by Crippen LogP contribution is -2.34. The average Bonchev–Trinajstić information content (AvgIpc) is 3.29. The summed E-state index contributed by atoms with van der Waals surface area (Å²) in [6, 6.07) is 14.6. The molecule has 0 aliphatic carbocycles. The van der Waals surface area contributed by atoms with Gasteiger partial charge in [0.05, 0.1) is 11.4 Å². The molecule has 1 atom stereocenters. The molecule has 0 N–H and O–H groups in total. The van der Waals surface area contributed by atoms with Crippen LogP contribution in [0, 0.1) is 6.92 Å². The molecular formula is C26H28N6O. The van der Waals surface area contributed by atoms with Crippen molar-refractivity contribution < 1.29 is 4.74 Å². The van der Waals surface area contributed by atoms with Crippen molar-refractivity contribution >= 4 is 5.82 Å². The number of benzene rings is 1. The standard InChI is InChI=1S/C26H28N6O/c1-20-7-9-23(10-8-20)32-25(28-29-26-6-2-3-16-33-26)17-24(30-32)22-5-4-15-31(19-22)18-21-11-13-27-14-12-21/h2-3,6-14,17,22H,4-5,15-16,18-19H2,1H3. The number of piperidine rings is 1. The minimum absolute atomic E-state index is 0.356. The van der Waals surface area contributed by atoms with Crippen molar-refractivity contribution in [2.45, 2.75) is 32.2 Å². The van der Waals surface area contributed by atoms with Crippen LogP contribution in [0.3, 0.4) is 0 Å². The molecule has 0 saturated carbocycles. The third-order valence-electron chi connectivity index (χ3n) is 6.02. The fourth-order valence-corrected chi connectivity index (χ4v) is 4.27. The van der Waals surface area contributed by atoms with Crippen molar-refractivity contribution in [1.29, 1.82) is 0 Å². The molecule has 1 saturated heterocycles. The van der Waals surface area contributed by atoms with Gasteiger partial charge in [0.25, 0.3) is 0 Å². The SMILES string of the molecule is Cc1ccc(-n2nc(C3CCCN(Cc4ccncc4)C3)cc2N=NC2=CC=CCO2)cc1. The van der Waals surface area contributed by atoms with Gasteiger partial charge >= 0.3 is 0 Å². The van der Waals surface area contributed by atoms with Gasteiger partial charge in [-0.05, 0) is 62.2 Å². The van der Waals surface area contributed by atoms with Crippen molar-refractivity contribution in [2.75, 3.05) is 19.7 Å². The van der Waals surface area contributed by atoms with Crippen LogP contribution in [0.15, 0.2) is 89.2 Å². The Morgan fingerprint density at radius 3 is 2.73 bits per heavy atom. The second kappa shape index (κ2) is 9.92. The smallest absolute Gasteiger partial charge is 0.233 e. The van der Waals surface area contributed by atoms with Crippen LogP contribution in [0.4, 0.5) is 5.82 Å². The number of hydrogen-bond donors (Lipinski definition) is 0. The quantitative estimate of drug-likeness (QED) is 0.477. The molecule has 3 aromatic rings. The van der Waals surface area contributed by atoms with Gasteiger partial charge in [-0.3, -0.25) is 9.88 Å². The number of likely N-dealkylation sites (tertiary alicyclic amines) is 1. The lowest BCUT2D eigenvalue weighted by atomic mass is 9.94. The number of rotatable bonds is 6. The monoisotopic (exact) mass is 440 g/mol. The summed E-state index contributed by atoms with van der Waals surface area (Å²) in [4.78, 5) is 6.63. The molecule has 0 bridgehead atoms. The molecule has 1 aromatic carbocycles. The van der Waals surface area contributed by atoms with Crippen LogP contribution in [0.25, 0.3) is 5.69 Å². The first kappa shape index (κ1) is 21.3. The minimum Gasteiger partial charge on any atom is -0.472 e. The van der Waals surface area contributed by atoms with E-state index in [1.165, 1.54) is 11.1 Å². The summed E-state index contributed by atoms with van der Waals surface area (Å²) < 4.78 is 7.42. The molecule has 1 fully saturated rings. The number of azo groups is 1. The Bertz CT molecular complexity index is 1160. The number of ether oxygens (including phenoxy) is 1. The number of pyridine rings is 1. The first-order valence-corrected chi connectivity index (χ1v) is 11.4. The van der Waals surface area contributed by atoms with Gasteiger partial charge in [0.15, 0.2) is 5.82 Å². The molecule has 2 aliphatic heterocycles. The fraction of sp³-hybridized carbons (Fsp3) is 0.308. The maximum absolute atomic E-state index is 5.53. The van der Waals surface area contributed by atoms with Crippen molar-refractivity contribution in [3.05, 3.63) is 95.8 Å². The summed E-state index contributed by atoms with van der Waals surface area (Å²) in [5.74, 6) is 1.57. The maximum atomic E-state index is 5.53. The lowest BCUT2D eigenvalue weighted by Gasteiger charge is -2.31. The number of aromatic nitrogens is 3. The van der Waals surface area contributed by atoms with Crippen molar-refractivity contribution in [2.24, 2.45) is 10.2 Å². The van der Waals surface area contributed by atoms with E-state index < -0.39 is 0 Å². The second-order valence-electron chi connectivity index (χ2n) is 8.55. The molecule has 7 heteroatoms. The van der Waals surface area contributed by atoms with Gasteiger partial charge in [0.2, 0.25) is 5.88 Å². The van der Waals surface area contributed by atoms with E-state index in [1.54, 1.807) is 0 Å². The lowest BCUT2D eigenvalue weighted by molar-refractivity contribution is 0.198. The van der Waals surface area contributed by atoms with Crippen LogP contribution in [-0.4, -0.2) is 39.4 Å². The first-order chi connectivity index (χ1) is 16.2. The molecule has 7 nitrogen and oxygen atoms in total. The normalized spacial score (nSPS) is 18.9. The molecule has 4 heterocycles. The molecule has 33 heavy (non-hydrogen) atoms. The van der Waals surface area contributed by atoms with Gasteiger partial charge in [-0.25, -0.2) is 4.68 Å². The third kappa shape index (κ3) is 5.26. The van der Waals surface area contributed by atoms with Gasteiger partial charge in [0.1, 0.15) is 6.61 Å². The van der Waals surface area contributed by atoms with Crippen LogP contribution in [-0.2, 0) is 11.3 Å². The number of allylic oxidation sites excluding steroid dienone is 2. The molecular weight excluding hydrogens is 412 g/mol. The molecule has 2 aliphatic rings. The van der Waals surface area contributed by atoms with Crippen LogP contribution < -0.4 is 0 Å². The van der Waals surface area contributed by atoms with E-state index >= 15 is 0 Å². The van der Waals surface area contributed by atoms with Gasteiger partial charge in [0, 0.05) is 43.5 Å². The second-order valence-corrected chi connectivity index (χ2v) is 8.55. The summed E-state index contributed by atoms with van der Waals surface area (Å²) in [6.45, 7) is 5.61. The maximum Gasteiger partial charge on any atom is 0.233 e. The van der Waals surface area contributed by atoms with Crippen LogP contribution >= 0.6 is 0 Å². The predicted octanol–water partition coefficient (Wildman–Crippen LogP) is 5.47. The zero-order valence-corrected chi connectivity index (χ0v) is 18.8. The summed E-state index contributed by atoms with van der Waals surface area (Å²) in [6.07, 6.45) is 11.7. The van der Waals surface area contributed by atoms with E-state index in [9.17, 15) is 0 Å². The molecule has 0 amide bonds. The minimum atomic E-state index is 0.356. The predicted molar refractivity (Wildman–Crippen MR) is 127 cm³/mol. The highest BCUT2D eigenvalue weighted by atomic mass is 16.5. The zero-order valence-electron chi connectivity index (χ0n) is 18.8. The highest BCUT2D eigenvalue weighted by Crippen LogP contribution is 2.31. The highest BCUT2D eigenvalue weighted by Gasteiger charge is 2.25. The van der Waals surface area contributed by atoms with Crippen molar-refractivity contribution in [1.82, 2.24) is 19.7 Å². The highest BCUT2D eigenvalue weighted by molar-refractivity contribution is 5.44. The third-order valence-corrected chi connectivity index (χ3v) is 6.02. The molecule has 0 radical (unpaired) electrons. The van der Waals surface area contributed by atoms with E-state index in [2.05, 4.69) is 69.5 Å². The van der Waals surface area contributed by atoms with Crippen LogP contribution in [0.2, 0.25) is 0 Å². The summed E-state index contributed by atoms with van der Waals surface area (Å²) in [5.41, 5.74) is 4.53. The Hall–Kier alpha value is -3.58. The number of nitrogens with zero attached hydrogens (tertiary/aromatic N) is 6. The summed E-state index contributed by atoms with van der Waals surface area (Å²) >= 11 is 0. The van der Waals surface area contributed by atoms with Gasteiger partial charge in [-0.15, -0.1) is 10.2 Å². The Morgan fingerprint density at radius 2 is 1.94 bits per heavy atom. The molecule has 5 rings (SSSR count). The topological polar surface area (TPSA) is 67.9 Å². The van der Waals surface area contributed by atoms with Gasteiger partial charge < -0.3 is 4.74 Å². The van der Waals surface area contributed by atoms with Gasteiger partial charge in [-0.1, -0.05) is 23.8 Å². The Balaban J connectivity index is 1.41. The van der Waals surface area contributed by atoms with Gasteiger partial charge in [-0.2, -0.15) is 5.10 Å². The van der Waals surface area contributed by atoms with E-state index in [0.717, 1.165) is 43.9 Å². The van der Waals surface area contributed by atoms with E-state index in [-0.39, 0.29) is 0 Å². The Labute approximate surface area is 194 Å². The van der Waals surface area contributed by atoms with Crippen LogP contribution in [0.1, 0.15) is 35.6 Å². The Kier molecular flexibility index (Phi) is 6.39. The van der Waals surface area contributed by atoms with E-state index in [4.69, 9.17) is 9.84 Å².